The van der Waals surface area contributed by atoms with Gasteiger partial charge in [-0.3, -0.25) is 4.99 Å². The van der Waals surface area contributed by atoms with Crippen LogP contribution in [0.15, 0.2) is 29.3 Å². The van der Waals surface area contributed by atoms with Crippen LogP contribution >= 0.6 is 35.6 Å². The van der Waals surface area contributed by atoms with Gasteiger partial charge >= 0.3 is 0 Å². The molecule has 2 rings (SSSR count). The van der Waals surface area contributed by atoms with Crippen molar-refractivity contribution in [1.82, 2.24) is 20.4 Å². The lowest BCUT2D eigenvalue weighted by atomic mass is 10.1. The topological polar surface area (TPSA) is 52.1 Å². The van der Waals surface area contributed by atoms with E-state index in [2.05, 4.69) is 39.3 Å². The summed E-state index contributed by atoms with van der Waals surface area (Å²) in [6.07, 6.45) is 0.0204. The summed E-state index contributed by atoms with van der Waals surface area (Å²) in [5.74, 6) is 2.20. The summed E-state index contributed by atoms with van der Waals surface area (Å²) in [6.45, 7) is 15.1. The molecule has 0 spiro atoms. The first-order valence-electron chi connectivity index (χ1n) is 10.3. The van der Waals surface area contributed by atoms with E-state index in [-0.39, 0.29) is 30.1 Å². The van der Waals surface area contributed by atoms with Crippen molar-refractivity contribution >= 4 is 41.5 Å². The molecular weight excluding hydrogens is 501 g/mol. The largest absolute Gasteiger partial charge is 0.489 e. The molecule has 1 fully saturated rings. The maximum atomic E-state index is 5.91. The highest BCUT2D eigenvalue weighted by molar-refractivity contribution is 14.0. The summed E-state index contributed by atoms with van der Waals surface area (Å²) in [4.78, 5) is 9.40. The zero-order valence-corrected chi connectivity index (χ0v) is 21.2. The number of nitrogens with one attached hydrogen (secondary N) is 2. The molecule has 0 aromatic heterocycles. The molecule has 0 bridgehead atoms. The van der Waals surface area contributed by atoms with Gasteiger partial charge in [0.05, 0.1) is 6.54 Å². The van der Waals surface area contributed by atoms with Crippen LogP contribution in [-0.2, 0) is 0 Å². The van der Waals surface area contributed by atoms with Crippen molar-refractivity contribution in [3.63, 3.8) is 0 Å². The molecule has 2 unspecified atom stereocenters. The molecule has 1 aromatic carbocycles. The monoisotopic (exact) mass is 537 g/mol. The van der Waals surface area contributed by atoms with Gasteiger partial charge in [-0.15, -0.1) is 24.0 Å². The van der Waals surface area contributed by atoms with Gasteiger partial charge in [-0.05, 0) is 43.7 Å². The molecule has 1 aliphatic rings. The van der Waals surface area contributed by atoms with Crippen molar-refractivity contribution in [2.45, 2.75) is 26.9 Å². The second-order valence-corrected chi connectivity index (χ2v) is 7.99. The number of halogens is 2. The van der Waals surface area contributed by atoms with Crippen molar-refractivity contribution in [2.24, 2.45) is 10.9 Å². The normalized spacial score (nSPS) is 17.9. The van der Waals surface area contributed by atoms with Gasteiger partial charge in [-0.1, -0.05) is 25.4 Å². The fourth-order valence-electron chi connectivity index (χ4n) is 3.31. The molecule has 0 aliphatic carbocycles. The minimum absolute atomic E-state index is 0. The SMILES string of the molecule is CCN1CCN(CC(C)CNC(=NC)NCC(C)Oc2ccc(Cl)cc2)CC1.I. The van der Waals surface area contributed by atoms with E-state index in [0.717, 1.165) is 31.3 Å². The molecular formula is C21H37ClIN5O. The molecule has 1 aliphatic heterocycles. The zero-order valence-electron chi connectivity index (χ0n) is 18.2. The number of nitrogens with zero attached hydrogens (tertiary/aromatic N) is 3. The van der Waals surface area contributed by atoms with Crippen molar-refractivity contribution in [1.29, 1.82) is 0 Å². The molecule has 29 heavy (non-hydrogen) atoms. The number of guanidine groups is 1. The highest BCUT2D eigenvalue weighted by Gasteiger charge is 2.17. The highest BCUT2D eigenvalue weighted by Crippen LogP contribution is 2.16. The van der Waals surface area contributed by atoms with E-state index in [9.17, 15) is 0 Å². The number of rotatable bonds is 9. The number of aliphatic imine (C=N–C) groups is 1. The molecule has 2 atom stereocenters. The number of piperazine rings is 1. The lowest BCUT2D eigenvalue weighted by Crippen LogP contribution is -2.49. The third-order valence-corrected chi connectivity index (χ3v) is 5.28. The molecule has 6 nitrogen and oxygen atoms in total. The number of ether oxygens (including phenoxy) is 1. The Balaban J connectivity index is 0.00000420. The standard InChI is InChI=1S/C21H36ClN5O.HI/c1-5-26-10-12-27(13-11-26)16-17(2)14-24-21(23-4)25-15-18(3)28-20-8-6-19(22)7-9-20;/h6-9,17-18H,5,10-16H2,1-4H3,(H2,23,24,25);1H. The Morgan fingerprint density at radius 2 is 1.66 bits per heavy atom. The quantitative estimate of drug-likeness (QED) is 0.288. The van der Waals surface area contributed by atoms with Crippen LogP contribution in [0.3, 0.4) is 0 Å². The summed E-state index contributed by atoms with van der Waals surface area (Å²) in [5.41, 5.74) is 0. The van der Waals surface area contributed by atoms with Crippen molar-refractivity contribution in [2.75, 3.05) is 59.4 Å². The smallest absolute Gasteiger partial charge is 0.191 e. The van der Waals surface area contributed by atoms with Crippen LogP contribution < -0.4 is 15.4 Å². The molecule has 166 valence electrons. The zero-order chi connectivity index (χ0) is 20.4. The van der Waals surface area contributed by atoms with Crippen LogP contribution in [0, 0.1) is 5.92 Å². The van der Waals surface area contributed by atoms with E-state index in [0.29, 0.717) is 17.5 Å². The van der Waals surface area contributed by atoms with Crippen LogP contribution in [0.2, 0.25) is 5.02 Å². The fraction of sp³-hybridized carbons (Fsp3) is 0.667. The summed E-state index contributed by atoms with van der Waals surface area (Å²) in [5, 5.41) is 7.49. The Morgan fingerprint density at radius 1 is 1.07 bits per heavy atom. The Hall–Kier alpha value is -0.770. The van der Waals surface area contributed by atoms with Crippen LogP contribution in [0.25, 0.3) is 0 Å². The molecule has 0 saturated carbocycles. The van der Waals surface area contributed by atoms with Crippen LogP contribution in [0.1, 0.15) is 20.8 Å². The van der Waals surface area contributed by atoms with Gasteiger partial charge in [0.1, 0.15) is 11.9 Å². The average molecular weight is 538 g/mol. The summed E-state index contributed by atoms with van der Waals surface area (Å²) in [6, 6.07) is 7.43. The number of likely N-dealkylation sites (N-methyl/N-ethyl adjacent to an activating group) is 1. The lowest BCUT2D eigenvalue weighted by molar-refractivity contribution is 0.124. The van der Waals surface area contributed by atoms with Gasteiger partial charge in [0, 0.05) is 51.3 Å². The second kappa shape index (κ2) is 14.3. The fourth-order valence-corrected chi connectivity index (χ4v) is 3.44. The van der Waals surface area contributed by atoms with Gasteiger partial charge in [0.15, 0.2) is 5.96 Å². The number of hydrogen-bond acceptors (Lipinski definition) is 4. The lowest BCUT2D eigenvalue weighted by Gasteiger charge is -2.35. The molecule has 0 amide bonds. The number of benzene rings is 1. The van der Waals surface area contributed by atoms with Crippen LogP contribution in [-0.4, -0.2) is 81.3 Å². The minimum atomic E-state index is 0. The summed E-state index contributed by atoms with van der Waals surface area (Å²) < 4.78 is 5.89. The van der Waals surface area contributed by atoms with Crippen LogP contribution in [0.4, 0.5) is 0 Å². The van der Waals surface area contributed by atoms with Crippen molar-refractivity contribution < 1.29 is 4.74 Å². The second-order valence-electron chi connectivity index (χ2n) is 7.56. The maximum Gasteiger partial charge on any atom is 0.191 e. The average Bonchev–Trinajstić information content (AvgIpc) is 2.70. The first-order valence-corrected chi connectivity index (χ1v) is 10.7. The summed E-state index contributed by atoms with van der Waals surface area (Å²) in [7, 11) is 1.80. The Kier molecular flexibility index (Phi) is 12.9. The van der Waals surface area contributed by atoms with E-state index >= 15 is 0 Å². The maximum absolute atomic E-state index is 5.91. The van der Waals surface area contributed by atoms with Gasteiger partial charge in [0.2, 0.25) is 0 Å². The Morgan fingerprint density at radius 3 is 2.24 bits per heavy atom. The van der Waals surface area contributed by atoms with Gasteiger partial charge in [0.25, 0.3) is 0 Å². The van der Waals surface area contributed by atoms with Crippen molar-refractivity contribution in [3.05, 3.63) is 29.3 Å². The minimum Gasteiger partial charge on any atom is -0.489 e. The molecule has 1 heterocycles. The third-order valence-electron chi connectivity index (χ3n) is 5.03. The molecule has 1 aromatic rings. The third kappa shape index (κ3) is 10.2. The highest BCUT2D eigenvalue weighted by atomic mass is 127. The molecule has 8 heteroatoms. The Labute approximate surface area is 198 Å². The van der Waals surface area contributed by atoms with Crippen molar-refractivity contribution in [3.8, 4) is 5.75 Å². The van der Waals surface area contributed by atoms with E-state index < -0.39 is 0 Å². The van der Waals surface area contributed by atoms with E-state index in [1.165, 1.54) is 26.2 Å². The van der Waals surface area contributed by atoms with Gasteiger partial charge in [-0.2, -0.15) is 0 Å². The molecule has 1 saturated heterocycles. The summed E-state index contributed by atoms with van der Waals surface area (Å²) >= 11 is 5.91. The van der Waals surface area contributed by atoms with E-state index in [1.807, 2.05) is 31.2 Å². The van der Waals surface area contributed by atoms with E-state index in [1.54, 1.807) is 7.05 Å². The molecule has 2 N–H and O–H groups in total. The van der Waals surface area contributed by atoms with Crippen LogP contribution in [0.5, 0.6) is 5.75 Å². The first-order chi connectivity index (χ1) is 13.5. The number of hydrogen-bond donors (Lipinski definition) is 2. The first kappa shape index (κ1) is 26.3. The Bertz CT molecular complexity index is 593. The van der Waals surface area contributed by atoms with Gasteiger partial charge in [-0.25, -0.2) is 0 Å². The van der Waals surface area contributed by atoms with Gasteiger partial charge < -0.3 is 25.2 Å². The molecule has 0 radical (unpaired) electrons. The predicted molar refractivity (Wildman–Crippen MR) is 134 cm³/mol. The predicted octanol–water partition coefficient (Wildman–Crippen LogP) is 3.16. The van der Waals surface area contributed by atoms with E-state index in [4.69, 9.17) is 16.3 Å².